The highest BCUT2D eigenvalue weighted by molar-refractivity contribution is 8.00. The van der Waals surface area contributed by atoms with E-state index in [9.17, 15) is 14.0 Å². The molecule has 0 bridgehead atoms. The monoisotopic (exact) mass is 392 g/mol. The number of carbonyl (C=O) groups excluding carboxylic acids is 1. The van der Waals surface area contributed by atoms with Gasteiger partial charge in [-0.25, -0.2) is 9.37 Å². The van der Waals surface area contributed by atoms with Crippen molar-refractivity contribution < 1.29 is 13.9 Å². The summed E-state index contributed by atoms with van der Waals surface area (Å²) in [4.78, 5) is 29.3. The Hall–Kier alpha value is -2.38. The van der Waals surface area contributed by atoms with Crippen molar-refractivity contribution in [2.75, 3.05) is 7.11 Å². The predicted octanol–water partition coefficient (Wildman–Crippen LogP) is 3.83. The van der Waals surface area contributed by atoms with Crippen LogP contribution in [0.1, 0.15) is 6.92 Å². The number of nitrogens with zero attached hydrogens (tertiary/aromatic N) is 2. The fourth-order valence-corrected chi connectivity index (χ4v) is 3.54. The van der Waals surface area contributed by atoms with Crippen LogP contribution in [-0.2, 0) is 9.53 Å². The third kappa shape index (κ3) is 3.45. The third-order valence-corrected chi connectivity index (χ3v) is 5.04. The molecule has 3 rings (SSSR count). The van der Waals surface area contributed by atoms with E-state index in [4.69, 9.17) is 16.3 Å². The third-order valence-electron chi connectivity index (χ3n) is 3.72. The molecule has 5 nitrogen and oxygen atoms in total. The minimum atomic E-state index is -0.589. The number of halogens is 2. The van der Waals surface area contributed by atoms with Crippen molar-refractivity contribution in [2.24, 2.45) is 0 Å². The number of esters is 1. The Bertz CT molecular complexity index is 1050. The number of fused-ring (bicyclic) bond motifs is 1. The lowest BCUT2D eigenvalue weighted by Gasteiger charge is -2.15. The van der Waals surface area contributed by atoms with Crippen molar-refractivity contribution in [1.29, 1.82) is 0 Å². The fraction of sp³-hybridized carbons (Fsp3) is 0.167. The summed E-state index contributed by atoms with van der Waals surface area (Å²) in [6.45, 7) is 1.65. The van der Waals surface area contributed by atoms with Gasteiger partial charge in [-0.3, -0.25) is 14.2 Å². The van der Waals surface area contributed by atoms with Gasteiger partial charge in [-0.05, 0) is 37.3 Å². The van der Waals surface area contributed by atoms with Crippen LogP contribution in [0.15, 0.2) is 52.4 Å². The van der Waals surface area contributed by atoms with Gasteiger partial charge in [0.1, 0.15) is 11.1 Å². The van der Waals surface area contributed by atoms with E-state index in [1.54, 1.807) is 31.2 Å². The summed E-state index contributed by atoms with van der Waals surface area (Å²) >= 11 is 6.95. The van der Waals surface area contributed by atoms with E-state index in [1.807, 2.05) is 0 Å². The number of hydrogen-bond acceptors (Lipinski definition) is 5. The number of hydrogen-bond donors (Lipinski definition) is 0. The summed E-state index contributed by atoms with van der Waals surface area (Å²) in [5.41, 5.74) is 0.526. The summed E-state index contributed by atoms with van der Waals surface area (Å²) in [6, 6.07) is 10.8. The average Bonchev–Trinajstić information content (AvgIpc) is 2.64. The zero-order valence-corrected chi connectivity index (χ0v) is 15.5. The van der Waals surface area contributed by atoms with Crippen LogP contribution in [-0.4, -0.2) is 27.9 Å². The van der Waals surface area contributed by atoms with Gasteiger partial charge >= 0.3 is 5.97 Å². The second-order valence-corrected chi connectivity index (χ2v) is 7.15. The number of aromatic nitrogens is 2. The van der Waals surface area contributed by atoms with Crippen LogP contribution in [0.2, 0.25) is 5.02 Å². The normalized spacial score (nSPS) is 12.2. The van der Waals surface area contributed by atoms with Gasteiger partial charge in [0.15, 0.2) is 5.16 Å². The van der Waals surface area contributed by atoms with Crippen molar-refractivity contribution in [1.82, 2.24) is 9.55 Å². The van der Waals surface area contributed by atoms with E-state index in [0.717, 1.165) is 11.8 Å². The Morgan fingerprint density at radius 3 is 2.73 bits per heavy atom. The maximum absolute atomic E-state index is 13.5. The van der Waals surface area contributed by atoms with Gasteiger partial charge < -0.3 is 4.74 Å². The Morgan fingerprint density at radius 1 is 1.31 bits per heavy atom. The van der Waals surface area contributed by atoms with Gasteiger partial charge in [0.25, 0.3) is 5.56 Å². The molecular weight excluding hydrogens is 379 g/mol. The standard InChI is InChI=1S/C18H14ClFN2O3S/c1-10(17(24)25-2)26-18-21-15-6-4-3-5-12(15)16(23)22(18)11-7-8-14(20)13(19)9-11/h3-10H,1-2H3/t10-/m1/s1. The molecular formula is C18H14ClFN2O3S. The van der Waals surface area contributed by atoms with Gasteiger partial charge in [-0.15, -0.1) is 0 Å². The smallest absolute Gasteiger partial charge is 0.318 e. The van der Waals surface area contributed by atoms with E-state index >= 15 is 0 Å². The molecule has 0 fully saturated rings. The maximum Gasteiger partial charge on any atom is 0.318 e. The predicted molar refractivity (Wildman–Crippen MR) is 99.6 cm³/mol. The number of rotatable bonds is 4. The average molecular weight is 393 g/mol. The molecule has 134 valence electrons. The Balaban J connectivity index is 2.25. The van der Waals surface area contributed by atoms with Gasteiger partial charge in [-0.1, -0.05) is 35.5 Å². The van der Waals surface area contributed by atoms with Gasteiger partial charge in [0, 0.05) is 0 Å². The van der Waals surface area contributed by atoms with Crippen molar-refractivity contribution >= 4 is 40.2 Å². The maximum atomic E-state index is 13.5. The minimum Gasteiger partial charge on any atom is -0.468 e. The molecule has 0 aliphatic heterocycles. The SMILES string of the molecule is COC(=O)[C@@H](C)Sc1nc2ccccc2c(=O)n1-c1ccc(F)c(Cl)c1. The van der Waals surface area contributed by atoms with Crippen LogP contribution in [0.3, 0.4) is 0 Å². The first-order chi connectivity index (χ1) is 12.4. The number of ether oxygens (including phenoxy) is 1. The molecule has 1 atom stereocenters. The van der Waals surface area contributed by atoms with Gasteiger partial charge in [-0.2, -0.15) is 0 Å². The lowest BCUT2D eigenvalue weighted by molar-refractivity contribution is -0.139. The lowest BCUT2D eigenvalue weighted by Crippen LogP contribution is -2.24. The second-order valence-electron chi connectivity index (χ2n) is 5.43. The zero-order valence-electron chi connectivity index (χ0n) is 13.9. The molecule has 0 saturated heterocycles. The number of methoxy groups -OCH3 is 1. The Morgan fingerprint density at radius 2 is 2.04 bits per heavy atom. The largest absolute Gasteiger partial charge is 0.468 e. The molecule has 0 saturated carbocycles. The summed E-state index contributed by atoms with van der Waals surface area (Å²) in [5.74, 6) is -1.03. The van der Waals surface area contributed by atoms with E-state index < -0.39 is 17.0 Å². The molecule has 0 radical (unpaired) electrons. The molecule has 0 aliphatic rings. The molecule has 26 heavy (non-hydrogen) atoms. The molecule has 0 unspecified atom stereocenters. The first kappa shape index (κ1) is 18.4. The first-order valence-electron chi connectivity index (χ1n) is 7.64. The molecule has 0 aliphatic carbocycles. The fourth-order valence-electron chi connectivity index (χ4n) is 2.42. The first-order valence-corrected chi connectivity index (χ1v) is 8.90. The van der Waals surface area contributed by atoms with Crippen molar-refractivity contribution in [3.63, 3.8) is 0 Å². The summed E-state index contributed by atoms with van der Waals surface area (Å²) in [5, 5.41) is -0.00736. The van der Waals surface area contributed by atoms with Crippen LogP contribution in [0, 0.1) is 5.82 Å². The quantitative estimate of drug-likeness (QED) is 0.383. The molecule has 2 aromatic carbocycles. The van der Waals surface area contributed by atoms with Crippen molar-refractivity contribution in [3.8, 4) is 5.69 Å². The topological polar surface area (TPSA) is 61.2 Å². The van der Waals surface area contributed by atoms with E-state index in [-0.39, 0.29) is 15.7 Å². The number of carbonyl (C=O) groups is 1. The molecule has 8 heteroatoms. The molecule has 0 spiro atoms. The van der Waals surface area contributed by atoms with Crippen molar-refractivity contribution in [3.05, 3.63) is 63.7 Å². The van der Waals surface area contributed by atoms with Crippen LogP contribution in [0.5, 0.6) is 0 Å². The highest BCUT2D eigenvalue weighted by atomic mass is 35.5. The van der Waals surface area contributed by atoms with E-state index in [0.29, 0.717) is 16.6 Å². The lowest BCUT2D eigenvalue weighted by atomic mass is 10.2. The number of para-hydroxylation sites is 1. The van der Waals surface area contributed by atoms with Crippen LogP contribution >= 0.6 is 23.4 Å². The van der Waals surface area contributed by atoms with Crippen LogP contribution < -0.4 is 5.56 Å². The van der Waals surface area contributed by atoms with Crippen LogP contribution in [0.4, 0.5) is 4.39 Å². The molecule has 1 aromatic heterocycles. The highest BCUT2D eigenvalue weighted by Gasteiger charge is 2.21. The van der Waals surface area contributed by atoms with Gasteiger partial charge in [0.2, 0.25) is 0 Å². The van der Waals surface area contributed by atoms with E-state index in [1.165, 1.54) is 29.9 Å². The zero-order chi connectivity index (χ0) is 18.8. The number of thioether (sulfide) groups is 1. The summed E-state index contributed by atoms with van der Waals surface area (Å²) < 4.78 is 19.6. The second kappa shape index (κ2) is 7.47. The Labute approximate surface area is 157 Å². The molecule has 1 heterocycles. The van der Waals surface area contributed by atoms with Crippen molar-refractivity contribution in [2.45, 2.75) is 17.3 Å². The number of benzene rings is 2. The summed E-state index contributed by atoms with van der Waals surface area (Å²) in [7, 11) is 1.29. The molecule has 0 amide bonds. The summed E-state index contributed by atoms with van der Waals surface area (Å²) in [6.07, 6.45) is 0. The minimum absolute atomic E-state index is 0.112. The molecule has 0 N–H and O–H groups in total. The Kier molecular flexibility index (Phi) is 5.29. The highest BCUT2D eigenvalue weighted by Crippen LogP contribution is 2.27. The van der Waals surface area contributed by atoms with E-state index in [2.05, 4.69) is 4.98 Å². The van der Waals surface area contributed by atoms with Crippen LogP contribution in [0.25, 0.3) is 16.6 Å². The van der Waals surface area contributed by atoms with Gasteiger partial charge in [0.05, 0.1) is 28.7 Å². The molecule has 3 aromatic rings.